The summed E-state index contributed by atoms with van der Waals surface area (Å²) in [6.07, 6.45) is 3.24. The summed E-state index contributed by atoms with van der Waals surface area (Å²) in [6, 6.07) is 37.9. The van der Waals surface area contributed by atoms with Crippen molar-refractivity contribution in [3.8, 4) is 44.7 Å². The van der Waals surface area contributed by atoms with Crippen LogP contribution in [0.5, 0.6) is 11.5 Å². The monoisotopic (exact) mass is 634 g/mol. The van der Waals surface area contributed by atoms with E-state index >= 15 is 0 Å². The Labute approximate surface area is 274 Å². The lowest BCUT2D eigenvalue weighted by Crippen LogP contribution is -2.08. The number of benzene rings is 3. The first kappa shape index (κ1) is 29.5. The van der Waals surface area contributed by atoms with Gasteiger partial charge in [0, 0.05) is 46.8 Å². The summed E-state index contributed by atoms with van der Waals surface area (Å²) in [6.45, 7) is 2.79. The molecule has 7 rings (SSSR count). The van der Waals surface area contributed by atoms with Gasteiger partial charge in [0.25, 0.3) is 12.9 Å². The van der Waals surface area contributed by atoms with Crippen LogP contribution in [0.3, 0.4) is 0 Å². The molecule has 0 radical (unpaired) electrons. The Kier molecular flexibility index (Phi) is 8.19. The number of nitrogens with zero attached hydrogens (tertiary/aromatic N) is 4. The summed E-state index contributed by atoms with van der Waals surface area (Å²) in [5.74, 6) is 0.588. The van der Waals surface area contributed by atoms with Crippen LogP contribution in [0.2, 0.25) is 0 Å². The lowest BCUT2D eigenvalue weighted by molar-refractivity contribution is -0.121. The topological polar surface area (TPSA) is 94.5 Å². The molecular weight excluding hydrogens is 609 g/mol. The van der Waals surface area contributed by atoms with Gasteiger partial charge in [-0.25, -0.2) is 4.98 Å². The molecule has 4 aromatic heterocycles. The number of anilines is 3. The molecule has 0 saturated carbocycles. The summed E-state index contributed by atoms with van der Waals surface area (Å²) in [7, 11) is 0. The van der Waals surface area contributed by atoms with Crippen LogP contribution in [0.4, 0.5) is 16.4 Å². The molecule has 0 N–H and O–H groups in total. The molecular formula is C38H26N4O4S. The first-order valence-electron chi connectivity index (χ1n) is 14.7. The van der Waals surface area contributed by atoms with Crippen LogP contribution in [0.1, 0.15) is 5.56 Å². The Bertz CT molecular complexity index is 2230. The van der Waals surface area contributed by atoms with Crippen molar-refractivity contribution in [2.45, 2.75) is 6.92 Å². The van der Waals surface area contributed by atoms with Gasteiger partial charge in [-0.05, 0) is 77.9 Å². The van der Waals surface area contributed by atoms with Crippen molar-refractivity contribution in [2.75, 3.05) is 4.90 Å². The van der Waals surface area contributed by atoms with Gasteiger partial charge in [-0.2, -0.15) is 0 Å². The molecule has 0 fully saturated rings. The average Bonchev–Trinajstić information content (AvgIpc) is 3.59. The second-order valence-electron chi connectivity index (χ2n) is 10.6. The SMILES string of the molecule is Cc1ccc(N(c2ccc3ccccc3c2)c2ccc(-c3ccnc(-c4cc(OC=O)cc(-c5cc(OC=O)ccn5)n4)c3)s2)cc1. The average molecular weight is 635 g/mol. The number of carbonyl (C=O) groups excluding carboxylic acids is 2. The number of fused-ring (bicyclic) bond motifs is 1. The third kappa shape index (κ3) is 6.33. The van der Waals surface area contributed by atoms with Crippen molar-refractivity contribution in [3.05, 3.63) is 133 Å². The highest BCUT2D eigenvalue weighted by atomic mass is 32.1. The molecule has 228 valence electrons. The van der Waals surface area contributed by atoms with Crippen LogP contribution >= 0.6 is 11.3 Å². The maximum Gasteiger partial charge on any atom is 0.298 e. The van der Waals surface area contributed by atoms with E-state index in [0.29, 0.717) is 41.5 Å². The van der Waals surface area contributed by atoms with Crippen molar-refractivity contribution < 1.29 is 19.1 Å². The largest absolute Gasteiger partial charge is 0.429 e. The van der Waals surface area contributed by atoms with Gasteiger partial charge in [0.15, 0.2) is 0 Å². The Morgan fingerprint density at radius 1 is 0.617 bits per heavy atom. The summed E-state index contributed by atoms with van der Waals surface area (Å²) in [5.41, 5.74) is 6.21. The number of aromatic nitrogens is 3. The minimum absolute atomic E-state index is 0.276. The minimum Gasteiger partial charge on any atom is -0.429 e. The highest BCUT2D eigenvalue weighted by Crippen LogP contribution is 2.43. The van der Waals surface area contributed by atoms with E-state index in [4.69, 9.17) is 14.5 Å². The van der Waals surface area contributed by atoms with Gasteiger partial charge in [0.2, 0.25) is 0 Å². The summed E-state index contributed by atoms with van der Waals surface area (Å²) in [5, 5.41) is 3.42. The van der Waals surface area contributed by atoms with E-state index in [9.17, 15) is 9.59 Å². The predicted molar refractivity (Wildman–Crippen MR) is 184 cm³/mol. The Morgan fingerprint density at radius 2 is 1.28 bits per heavy atom. The summed E-state index contributed by atoms with van der Waals surface area (Å²) < 4.78 is 10.2. The maximum atomic E-state index is 11.3. The number of hydrogen-bond donors (Lipinski definition) is 0. The van der Waals surface area contributed by atoms with Gasteiger partial charge in [-0.15, -0.1) is 11.3 Å². The third-order valence-electron chi connectivity index (χ3n) is 7.56. The van der Waals surface area contributed by atoms with Gasteiger partial charge in [0.1, 0.15) is 16.5 Å². The fourth-order valence-electron chi connectivity index (χ4n) is 5.31. The summed E-state index contributed by atoms with van der Waals surface area (Å²) >= 11 is 1.67. The molecule has 0 aliphatic carbocycles. The van der Waals surface area contributed by atoms with E-state index < -0.39 is 0 Å². The van der Waals surface area contributed by atoms with Crippen LogP contribution < -0.4 is 14.4 Å². The van der Waals surface area contributed by atoms with Gasteiger partial charge in [-0.3, -0.25) is 19.6 Å². The van der Waals surface area contributed by atoms with E-state index in [1.54, 1.807) is 41.8 Å². The zero-order chi connectivity index (χ0) is 32.2. The van der Waals surface area contributed by atoms with Crippen LogP contribution in [0, 0.1) is 6.92 Å². The molecule has 3 aromatic carbocycles. The fourth-order valence-corrected chi connectivity index (χ4v) is 6.36. The summed E-state index contributed by atoms with van der Waals surface area (Å²) in [4.78, 5) is 39.1. The fraction of sp³-hybridized carbons (Fsp3) is 0.0263. The van der Waals surface area contributed by atoms with E-state index in [1.807, 2.05) is 12.1 Å². The van der Waals surface area contributed by atoms with Crippen molar-refractivity contribution in [3.63, 3.8) is 0 Å². The highest BCUT2D eigenvalue weighted by Gasteiger charge is 2.17. The van der Waals surface area contributed by atoms with Crippen LogP contribution in [-0.2, 0) is 9.59 Å². The first-order chi connectivity index (χ1) is 23.1. The third-order valence-corrected chi connectivity index (χ3v) is 8.68. The molecule has 0 unspecified atom stereocenters. The minimum atomic E-state index is 0.276. The normalized spacial score (nSPS) is 10.8. The van der Waals surface area contributed by atoms with E-state index in [1.165, 1.54) is 22.5 Å². The predicted octanol–water partition coefficient (Wildman–Crippen LogP) is 8.94. The molecule has 0 spiro atoms. The van der Waals surface area contributed by atoms with Crippen molar-refractivity contribution in [1.82, 2.24) is 15.0 Å². The van der Waals surface area contributed by atoms with Gasteiger partial charge >= 0.3 is 0 Å². The Balaban J connectivity index is 1.27. The standard InChI is InChI=1S/C38H26N4O4S/c1-25-6-9-29(10-7-25)42(30-11-8-26-4-2-3-5-27(26)18-30)38-13-12-37(47-38)28-14-16-39-33(19-28)35-21-32(46-24-44)22-36(41-35)34-20-31(45-23-43)15-17-40-34/h2-24H,1H3. The van der Waals surface area contributed by atoms with E-state index in [2.05, 4.69) is 101 Å². The van der Waals surface area contributed by atoms with Crippen LogP contribution in [0.15, 0.2) is 128 Å². The molecule has 0 atom stereocenters. The molecule has 7 aromatic rings. The number of hydrogen-bond acceptors (Lipinski definition) is 9. The number of aryl methyl sites for hydroxylation is 1. The molecule has 0 aliphatic heterocycles. The van der Waals surface area contributed by atoms with E-state index in [0.717, 1.165) is 26.8 Å². The second-order valence-corrected chi connectivity index (χ2v) is 11.7. The van der Waals surface area contributed by atoms with E-state index in [-0.39, 0.29) is 5.75 Å². The van der Waals surface area contributed by atoms with Crippen molar-refractivity contribution >= 4 is 51.4 Å². The first-order valence-corrected chi connectivity index (χ1v) is 15.5. The molecule has 4 heterocycles. The second kappa shape index (κ2) is 13.0. The van der Waals surface area contributed by atoms with Gasteiger partial charge < -0.3 is 14.4 Å². The highest BCUT2D eigenvalue weighted by molar-refractivity contribution is 7.19. The number of ether oxygens (including phenoxy) is 2. The lowest BCUT2D eigenvalue weighted by atomic mass is 10.1. The Morgan fingerprint density at radius 3 is 2.04 bits per heavy atom. The number of rotatable bonds is 10. The van der Waals surface area contributed by atoms with Crippen LogP contribution in [-0.4, -0.2) is 27.9 Å². The quantitative estimate of drug-likeness (QED) is 0.138. The number of thiophene rings is 1. The van der Waals surface area contributed by atoms with Crippen LogP contribution in [0.25, 0.3) is 44.0 Å². The molecule has 9 heteroatoms. The molecule has 0 aliphatic rings. The molecule has 47 heavy (non-hydrogen) atoms. The lowest BCUT2D eigenvalue weighted by Gasteiger charge is -2.24. The molecule has 0 saturated heterocycles. The maximum absolute atomic E-state index is 11.3. The van der Waals surface area contributed by atoms with Crippen molar-refractivity contribution in [2.24, 2.45) is 0 Å². The molecule has 8 nitrogen and oxygen atoms in total. The number of carbonyl (C=O) groups is 2. The zero-order valence-corrected chi connectivity index (χ0v) is 25.9. The van der Waals surface area contributed by atoms with Gasteiger partial charge in [0.05, 0.1) is 22.8 Å². The zero-order valence-electron chi connectivity index (χ0n) is 25.1. The smallest absolute Gasteiger partial charge is 0.298 e. The molecule has 0 bridgehead atoms. The number of pyridine rings is 3. The Hall–Kier alpha value is -6.19. The van der Waals surface area contributed by atoms with Gasteiger partial charge in [-0.1, -0.05) is 48.0 Å². The van der Waals surface area contributed by atoms with Crippen molar-refractivity contribution in [1.29, 1.82) is 0 Å². The molecule has 0 amide bonds.